The second kappa shape index (κ2) is 7.68. The molecule has 3 heterocycles. The molecule has 0 aliphatic carbocycles. The molecule has 3 rings (SSSR count). The summed E-state index contributed by atoms with van der Waals surface area (Å²) in [6.07, 6.45) is 2.79. The monoisotopic (exact) mass is 331 g/mol. The summed E-state index contributed by atoms with van der Waals surface area (Å²) >= 11 is 1.55. The van der Waals surface area contributed by atoms with Crippen LogP contribution in [0.15, 0.2) is 41.2 Å². The summed E-state index contributed by atoms with van der Waals surface area (Å²) in [6.45, 7) is 4.24. The number of hydrogen-bond acceptors (Lipinski definition) is 5. The maximum atomic E-state index is 11.7. The molecule has 0 aromatic carbocycles. The Kier molecular flexibility index (Phi) is 5.38. The third-order valence-corrected chi connectivity index (χ3v) is 4.89. The molecule has 1 saturated heterocycles. The van der Waals surface area contributed by atoms with Crippen molar-refractivity contribution in [3.63, 3.8) is 0 Å². The van der Waals surface area contributed by atoms with E-state index in [4.69, 9.17) is 0 Å². The first-order valence-corrected chi connectivity index (χ1v) is 8.79. The zero-order valence-electron chi connectivity index (χ0n) is 13.0. The third-order valence-electron chi connectivity index (χ3n) is 4.19. The Bertz CT molecular complexity index is 618. The van der Waals surface area contributed by atoms with Crippen LogP contribution in [0.4, 0.5) is 0 Å². The van der Waals surface area contributed by atoms with Crippen molar-refractivity contribution in [2.75, 3.05) is 26.2 Å². The zero-order valence-corrected chi connectivity index (χ0v) is 13.8. The van der Waals surface area contributed by atoms with E-state index in [1.54, 1.807) is 11.3 Å². The summed E-state index contributed by atoms with van der Waals surface area (Å²) in [7, 11) is 0. The molecule has 5 nitrogen and oxygen atoms in total. The van der Waals surface area contributed by atoms with E-state index in [2.05, 4.69) is 14.8 Å². The second-order valence-corrected chi connectivity index (χ2v) is 6.56. The molecular formula is C17H21N3O2S. The molecule has 6 heteroatoms. The minimum Gasteiger partial charge on any atom is -0.480 e. The first-order chi connectivity index (χ1) is 11.2. The van der Waals surface area contributed by atoms with E-state index < -0.39 is 12.0 Å². The largest absolute Gasteiger partial charge is 0.480 e. The van der Waals surface area contributed by atoms with Crippen LogP contribution in [-0.2, 0) is 11.3 Å². The highest BCUT2D eigenvalue weighted by atomic mass is 32.1. The predicted molar refractivity (Wildman–Crippen MR) is 90.4 cm³/mol. The number of thiophene rings is 1. The van der Waals surface area contributed by atoms with Crippen LogP contribution in [0, 0.1) is 0 Å². The Labute approximate surface area is 140 Å². The summed E-state index contributed by atoms with van der Waals surface area (Å²) in [5, 5.41) is 13.5. The van der Waals surface area contributed by atoms with Crippen LogP contribution < -0.4 is 0 Å². The van der Waals surface area contributed by atoms with E-state index in [1.807, 2.05) is 41.2 Å². The fourth-order valence-corrected chi connectivity index (χ4v) is 3.75. The lowest BCUT2D eigenvalue weighted by molar-refractivity contribution is -0.143. The van der Waals surface area contributed by atoms with Gasteiger partial charge in [0.1, 0.15) is 6.04 Å². The summed E-state index contributed by atoms with van der Waals surface area (Å²) in [6, 6.07) is 7.35. The smallest absolute Gasteiger partial charge is 0.325 e. The standard InChI is InChI=1S/C17H21N3O2S/c21-17(22)16(14-5-11-23-13-14)20-8-3-7-19(9-10-20)12-15-4-1-2-6-18-15/h1-2,4-6,11,13,16H,3,7-10,12H2,(H,21,22). The van der Waals surface area contributed by atoms with Crippen molar-refractivity contribution in [1.29, 1.82) is 0 Å². The highest BCUT2D eigenvalue weighted by Crippen LogP contribution is 2.24. The summed E-state index contributed by atoms with van der Waals surface area (Å²) < 4.78 is 0. The molecule has 122 valence electrons. The summed E-state index contributed by atoms with van der Waals surface area (Å²) in [5.41, 5.74) is 1.95. The molecule has 0 radical (unpaired) electrons. The van der Waals surface area contributed by atoms with Gasteiger partial charge in [0.05, 0.1) is 5.69 Å². The Morgan fingerprint density at radius 1 is 1.26 bits per heavy atom. The zero-order chi connectivity index (χ0) is 16.1. The Morgan fingerprint density at radius 3 is 2.87 bits per heavy atom. The van der Waals surface area contributed by atoms with Gasteiger partial charge in [-0.15, -0.1) is 0 Å². The molecule has 1 N–H and O–H groups in total. The molecule has 1 aliphatic heterocycles. The molecule has 0 spiro atoms. The van der Waals surface area contributed by atoms with E-state index in [-0.39, 0.29) is 0 Å². The highest BCUT2D eigenvalue weighted by Gasteiger charge is 2.29. The summed E-state index contributed by atoms with van der Waals surface area (Å²) in [5.74, 6) is -0.762. The lowest BCUT2D eigenvalue weighted by atomic mass is 10.1. The van der Waals surface area contributed by atoms with Crippen molar-refractivity contribution < 1.29 is 9.90 Å². The Morgan fingerprint density at radius 2 is 2.17 bits per heavy atom. The van der Waals surface area contributed by atoms with Gasteiger partial charge < -0.3 is 5.11 Å². The number of carboxylic acids is 1. The van der Waals surface area contributed by atoms with E-state index >= 15 is 0 Å². The maximum Gasteiger partial charge on any atom is 0.325 e. The van der Waals surface area contributed by atoms with Crippen LogP contribution in [0.5, 0.6) is 0 Å². The average Bonchev–Trinajstić information content (AvgIpc) is 2.97. The Balaban J connectivity index is 1.64. The molecule has 0 saturated carbocycles. The number of aromatic nitrogens is 1. The number of pyridine rings is 1. The van der Waals surface area contributed by atoms with Crippen LogP contribution in [0.25, 0.3) is 0 Å². The first-order valence-electron chi connectivity index (χ1n) is 7.85. The average molecular weight is 331 g/mol. The first kappa shape index (κ1) is 16.1. The van der Waals surface area contributed by atoms with Gasteiger partial charge in [0.2, 0.25) is 0 Å². The van der Waals surface area contributed by atoms with Crippen LogP contribution in [0.1, 0.15) is 23.7 Å². The normalized spacial score (nSPS) is 18.4. The van der Waals surface area contributed by atoms with Crippen molar-refractivity contribution in [1.82, 2.24) is 14.8 Å². The lowest BCUT2D eigenvalue weighted by Crippen LogP contribution is -2.37. The number of nitrogens with zero attached hydrogens (tertiary/aromatic N) is 3. The van der Waals surface area contributed by atoms with E-state index in [0.29, 0.717) is 0 Å². The van der Waals surface area contributed by atoms with E-state index in [9.17, 15) is 9.90 Å². The van der Waals surface area contributed by atoms with Gasteiger partial charge in [0, 0.05) is 32.4 Å². The number of hydrogen-bond donors (Lipinski definition) is 1. The highest BCUT2D eigenvalue weighted by molar-refractivity contribution is 7.08. The molecule has 2 aromatic rings. The van der Waals surface area contributed by atoms with Gasteiger partial charge in [-0.25, -0.2) is 0 Å². The van der Waals surface area contributed by atoms with Crippen molar-refractivity contribution in [3.05, 3.63) is 52.5 Å². The molecule has 2 aromatic heterocycles. The van der Waals surface area contributed by atoms with Gasteiger partial charge in [0.25, 0.3) is 0 Å². The second-order valence-electron chi connectivity index (χ2n) is 5.78. The fraction of sp³-hybridized carbons (Fsp3) is 0.412. The molecule has 23 heavy (non-hydrogen) atoms. The number of carbonyl (C=O) groups is 1. The van der Waals surface area contributed by atoms with Crippen molar-refractivity contribution in [3.8, 4) is 0 Å². The molecule has 1 unspecified atom stereocenters. The molecular weight excluding hydrogens is 310 g/mol. The fourth-order valence-electron chi connectivity index (χ4n) is 3.07. The molecule has 1 atom stereocenters. The quantitative estimate of drug-likeness (QED) is 0.912. The molecule has 1 fully saturated rings. The third kappa shape index (κ3) is 4.16. The number of aliphatic carboxylic acids is 1. The van der Waals surface area contributed by atoms with E-state index in [0.717, 1.165) is 50.4 Å². The van der Waals surface area contributed by atoms with Gasteiger partial charge in [-0.1, -0.05) is 6.07 Å². The van der Waals surface area contributed by atoms with Crippen molar-refractivity contribution >= 4 is 17.3 Å². The van der Waals surface area contributed by atoms with Crippen LogP contribution in [0.3, 0.4) is 0 Å². The van der Waals surface area contributed by atoms with Crippen LogP contribution >= 0.6 is 11.3 Å². The molecule has 0 amide bonds. The van der Waals surface area contributed by atoms with Gasteiger partial charge >= 0.3 is 5.97 Å². The van der Waals surface area contributed by atoms with Gasteiger partial charge in [-0.05, 0) is 47.5 Å². The van der Waals surface area contributed by atoms with Crippen LogP contribution in [-0.4, -0.2) is 52.0 Å². The van der Waals surface area contributed by atoms with Crippen molar-refractivity contribution in [2.24, 2.45) is 0 Å². The van der Waals surface area contributed by atoms with Crippen LogP contribution in [0.2, 0.25) is 0 Å². The molecule has 1 aliphatic rings. The Hall–Kier alpha value is -1.76. The van der Waals surface area contributed by atoms with Crippen molar-refractivity contribution in [2.45, 2.75) is 19.0 Å². The number of carboxylic acid groups (broad SMARTS) is 1. The van der Waals surface area contributed by atoms with Gasteiger partial charge in [0.15, 0.2) is 0 Å². The van der Waals surface area contributed by atoms with Gasteiger partial charge in [-0.2, -0.15) is 11.3 Å². The maximum absolute atomic E-state index is 11.7. The number of rotatable bonds is 5. The predicted octanol–water partition coefficient (Wildman–Crippen LogP) is 2.48. The minimum absolute atomic E-state index is 0.531. The SMILES string of the molecule is O=C(O)C(c1ccsc1)N1CCCN(Cc2ccccn2)CC1. The summed E-state index contributed by atoms with van der Waals surface area (Å²) in [4.78, 5) is 20.5. The van der Waals surface area contributed by atoms with E-state index in [1.165, 1.54) is 0 Å². The molecule has 0 bridgehead atoms. The lowest BCUT2D eigenvalue weighted by Gasteiger charge is -2.27. The van der Waals surface area contributed by atoms with Gasteiger partial charge in [-0.3, -0.25) is 19.6 Å². The minimum atomic E-state index is -0.762. The topological polar surface area (TPSA) is 56.7 Å².